The number of amides is 3. The van der Waals surface area contributed by atoms with Crippen molar-refractivity contribution >= 4 is 23.4 Å². The predicted octanol–water partition coefficient (Wildman–Crippen LogP) is 0.745. The van der Waals surface area contributed by atoms with Gasteiger partial charge in [0.2, 0.25) is 0 Å². The molecule has 0 spiro atoms. The summed E-state index contributed by atoms with van der Waals surface area (Å²) in [5, 5.41) is 8.74. The largest absolute Gasteiger partial charge is 0.482 e. The van der Waals surface area contributed by atoms with Crippen molar-refractivity contribution in [2.75, 3.05) is 18.1 Å². The fourth-order valence-corrected chi connectivity index (χ4v) is 2.41. The second kappa shape index (κ2) is 7.36. The topological polar surface area (TPSA) is 112 Å². The number of carbonyl (C=O) groups is 3. The SMILES string of the molecule is N#Cc1ccc(C(=O)NNC(=O)CN2C(=O)COc3ccccc32)cc1. The van der Waals surface area contributed by atoms with E-state index in [2.05, 4.69) is 10.9 Å². The molecule has 2 aromatic rings. The van der Waals surface area contributed by atoms with Gasteiger partial charge in [-0.05, 0) is 36.4 Å². The van der Waals surface area contributed by atoms with Gasteiger partial charge in [-0.3, -0.25) is 30.1 Å². The zero-order chi connectivity index (χ0) is 18.5. The molecule has 8 nitrogen and oxygen atoms in total. The third kappa shape index (κ3) is 3.62. The number of benzene rings is 2. The molecule has 1 heterocycles. The van der Waals surface area contributed by atoms with Crippen molar-refractivity contribution in [2.24, 2.45) is 0 Å². The minimum atomic E-state index is -0.558. The van der Waals surface area contributed by atoms with Crippen LogP contribution in [0.1, 0.15) is 15.9 Å². The van der Waals surface area contributed by atoms with Gasteiger partial charge in [-0.1, -0.05) is 12.1 Å². The molecule has 0 saturated heterocycles. The molecule has 0 bridgehead atoms. The highest BCUT2D eigenvalue weighted by atomic mass is 16.5. The average Bonchev–Trinajstić information content (AvgIpc) is 2.68. The maximum absolute atomic E-state index is 12.1. The summed E-state index contributed by atoms with van der Waals surface area (Å²) in [6.45, 7) is -0.408. The number of hydrazine groups is 1. The summed E-state index contributed by atoms with van der Waals surface area (Å²) < 4.78 is 5.31. The first-order valence-electron chi connectivity index (χ1n) is 7.70. The van der Waals surface area contributed by atoms with E-state index in [0.717, 1.165) is 0 Å². The van der Waals surface area contributed by atoms with Crippen LogP contribution in [0.3, 0.4) is 0 Å². The number of fused-ring (bicyclic) bond motifs is 1. The van der Waals surface area contributed by atoms with Gasteiger partial charge in [-0.2, -0.15) is 5.26 Å². The van der Waals surface area contributed by atoms with Crippen LogP contribution in [0.25, 0.3) is 0 Å². The normalized spacial score (nSPS) is 12.4. The molecule has 1 aliphatic heterocycles. The molecule has 130 valence electrons. The zero-order valence-electron chi connectivity index (χ0n) is 13.6. The molecule has 2 aromatic carbocycles. The van der Waals surface area contributed by atoms with E-state index in [9.17, 15) is 14.4 Å². The number of carbonyl (C=O) groups excluding carboxylic acids is 3. The van der Waals surface area contributed by atoms with Crippen molar-refractivity contribution in [3.05, 3.63) is 59.7 Å². The lowest BCUT2D eigenvalue weighted by Gasteiger charge is -2.28. The Morgan fingerprint density at radius 3 is 2.58 bits per heavy atom. The molecule has 0 saturated carbocycles. The first kappa shape index (κ1) is 17.0. The predicted molar refractivity (Wildman–Crippen MR) is 91.1 cm³/mol. The van der Waals surface area contributed by atoms with Crippen molar-refractivity contribution in [2.45, 2.75) is 0 Å². The molecule has 0 atom stereocenters. The van der Waals surface area contributed by atoms with Crippen LogP contribution in [-0.4, -0.2) is 30.9 Å². The molecule has 0 radical (unpaired) electrons. The van der Waals surface area contributed by atoms with Gasteiger partial charge in [0.15, 0.2) is 6.61 Å². The highest BCUT2D eigenvalue weighted by Crippen LogP contribution is 2.30. The molecule has 2 N–H and O–H groups in total. The third-order valence-electron chi connectivity index (χ3n) is 3.70. The molecule has 8 heteroatoms. The third-order valence-corrected chi connectivity index (χ3v) is 3.70. The fourth-order valence-electron chi connectivity index (χ4n) is 2.41. The molecule has 3 rings (SSSR count). The van der Waals surface area contributed by atoms with Crippen molar-refractivity contribution in [3.63, 3.8) is 0 Å². The van der Waals surface area contributed by atoms with Gasteiger partial charge >= 0.3 is 0 Å². The van der Waals surface area contributed by atoms with Gasteiger partial charge in [0.05, 0.1) is 17.3 Å². The second-order valence-electron chi connectivity index (χ2n) is 5.43. The molecule has 0 aliphatic carbocycles. The number of hydrogen-bond donors (Lipinski definition) is 2. The molecule has 1 aliphatic rings. The van der Waals surface area contributed by atoms with Crippen molar-refractivity contribution in [1.82, 2.24) is 10.9 Å². The van der Waals surface area contributed by atoms with E-state index in [-0.39, 0.29) is 24.6 Å². The molecule has 0 unspecified atom stereocenters. The van der Waals surface area contributed by atoms with Crippen LogP contribution in [-0.2, 0) is 9.59 Å². The summed E-state index contributed by atoms with van der Waals surface area (Å²) in [4.78, 5) is 37.4. The van der Waals surface area contributed by atoms with Crippen LogP contribution in [0, 0.1) is 11.3 Å². The quantitative estimate of drug-likeness (QED) is 0.793. The highest BCUT2D eigenvalue weighted by molar-refractivity contribution is 6.02. The number of nitriles is 1. The van der Waals surface area contributed by atoms with Gasteiger partial charge in [0.1, 0.15) is 12.3 Å². The Morgan fingerprint density at radius 2 is 1.85 bits per heavy atom. The van der Waals surface area contributed by atoms with Gasteiger partial charge in [-0.25, -0.2) is 0 Å². The number of nitrogens with zero attached hydrogens (tertiary/aromatic N) is 2. The smallest absolute Gasteiger partial charge is 0.269 e. The number of para-hydroxylation sites is 2. The Hall–Kier alpha value is -3.86. The van der Waals surface area contributed by atoms with Crippen molar-refractivity contribution in [3.8, 4) is 11.8 Å². The van der Waals surface area contributed by atoms with Crippen molar-refractivity contribution < 1.29 is 19.1 Å². The monoisotopic (exact) mass is 350 g/mol. The Morgan fingerprint density at radius 1 is 1.12 bits per heavy atom. The Kier molecular flexibility index (Phi) is 4.80. The number of nitrogens with one attached hydrogen (secondary N) is 2. The summed E-state index contributed by atoms with van der Waals surface area (Å²) in [6, 6.07) is 14.8. The molecule has 0 aromatic heterocycles. The van der Waals surface area contributed by atoms with E-state index >= 15 is 0 Å². The molecule has 0 fully saturated rings. The fraction of sp³-hybridized carbons (Fsp3) is 0.111. The van der Waals surface area contributed by atoms with E-state index in [1.807, 2.05) is 6.07 Å². The summed E-state index contributed by atoms with van der Waals surface area (Å²) in [5.41, 5.74) is 5.76. The second-order valence-corrected chi connectivity index (χ2v) is 5.43. The molecular weight excluding hydrogens is 336 g/mol. The highest BCUT2D eigenvalue weighted by Gasteiger charge is 2.27. The minimum Gasteiger partial charge on any atom is -0.482 e. The Labute approximate surface area is 148 Å². The summed E-state index contributed by atoms with van der Waals surface area (Å²) in [6.07, 6.45) is 0. The number of anilines is 1. The number of ether oxygens (including phenoxy) is 1. The van der Waals surface area contributed by atoms with E-state index in [1.165, 1.54) is 29.2 Å². The first-order chi connectivity index (χ1) is 12.6. The molecule has 3 amide bonds. The number of rotatable bonds is 3. The van der Waals surface area contributed by atoms with E-state index in [1.54, 1.807) is 24.3 Å². The van der Waals surface area contributed by atoms with E-state index in [0.29, 0.717) is 17.0 Å². The lowest BCUT2D eigenvalue weighted by molar-refractivity contribution is -0.125. The van der Waals surface area contributed by atoms with Crippen LogP contribution < -0.4 is 20.5 Å². The maximum Gasteiger partial charge on any atom is 0.269 e. The zero-order valence-corrected chi connectivity index (χ0v) is 13.6. The number of hydrogen-bond acceptors (Lipinski definition) is 5. The average molecular weight is 350 g/mol. The molecule has 26 heavy (non-hydrogen) atoms. The Balaban J connectivity index is 1.60. The van der Waals surface area contributed by atoms with Gasteiger partial charge < -0.3 is 4.74 Å². The summed E-state index contributed by atoms with van der Waals surface area (Å²) in [5.74, 6) is -0.924. The maximum atomic E-state index is 12.1. The lowest BCUT2D eigenvalue weighted by atomic mass is 10.1. The van der Waals surface area contributed by atoms with E-state index < -0.39 is 11.8 Å². The standard InChI is InChI=1S/C18H14N4O4/c19-9-12-5-7-13(8-6-12)18(25)21-20-16(23)10-22-14-3-1-2-4-15(14)26-11-17(22)24/h1-8H,10-11H2,(H,20,23)(H,21,25). The van der Waals surface area contributed by atoms with Gasteiger partial charge in [0.25, 0.3) is 17.7 Å². The van der Waals surface area contributed by atoms with E-state index in [4.69, 9.17) is 10.00 Å². The van der Waals surface area contributed by atoms with Crippen LogP contribution in [0.4, 0.5) is 5.69 Å². The van der Waals surface area contributed by atoms with Crippen LogP contribution in [0.2, 0.25) is 0 Å². The summed E-state index contributed by atoms with van der Waals surface area (Å²) in [7, 11) is 0. The Bertz CT molecular complexity index is 902. The molecular formula is C18H14N4O4. The van der Waals surface area contributed by atoms with Gasteiger partial charge in [-0.15, -0.1) is 0 Å². The van der Waals surface area contributed by atoms with Crippen LogP contribution in [0.5, 0.6) is 5.75 Å². The van der Waals surface area contributed by atoms with Gasteiger partial charge in [0, 0.05) is 5.56 Å². The van der Waals surface area contributed by atoms with Crippen LogP contribution in [0.15, 0.2) is 48.5 Å². The lowest BCUT2D eigenvalue weighted by Crippen LogP contribution is -2.49. The summed E-state index contributed by atoms with van der Waals surface area (Å²) >= 11 is 0. The minimum absolute atomic E-state index is 0.151. The van der Waals surface area contributed by atoms with Crippen molar-refractivity contribution in [1.29, 1.82) is 5.26 Å². The first-order valence-corrected chi connectivity index (χ1v) is 7.70. The van der Waals surface area contributed by atoms with Crippen LogP contribution >= 0.6 is 0 Å².